The zero-order valence-electron chi connectivity index (χ0n) is 19.7. The van der Waals surface area contributed by atoms with Crippen LogP contribution >= 0.6 is 0 Å². The maximum absolute atomic E-state index is 2.61. The summed E-state index contributed by atoms with van der Waals surface area (Å²) in [7, 11) is 0. The van der Waals surface area contributed by atoms with Gasteiger partial charge in [0.15, 0.2) is 0 Å². The quantitative estimate of drug-likeness (QED) is 0.352. The fraction of sp³-hybridized carbons (Fsp3) is 0.258. The van der Waals surface area contributed by atoms with E-state index in [0.717, 1.165) is 6.42 Å². The third-order valence-corrected chi connectivity index (χ3v) is 15.9. The first-order chi connectivity index (χ1) is 15.8. The van der Waals surface area contributed by atoms with E-state index in [1.54, 1.807) is 12.1 Å². The van der Waals surface area contributed by atoms with Crippen LogP contribution in [0.4, 0.5) is 0 Å². The molecule has 0 saturated heterocycles. The Morgan fingerprint density at radius 1 is 0.735 bits per heavy atom. The van der Waals surface area contributed by atoms with Crippen LogP contribution in [0.25, 0.3) is 16.7 Å². The Balaban J connectivity index is 0.00000137. The summed E-state index contributed by atoms with van der Waals surface area (Å²) in [6.45, 7) is 2.45. The monoisotopic (exact) mass is 562 g/mol. The predicted molar refractivity (Wildman–Crippen MR) is 134 cm³/mol. The first-order valence-corrected chi connectivity index (χ1v) is 15.9. The van der Waals surface area contributed by atoms with Crippen molar-refractivity contribution in [1.82, 2.24) is 0 Å². The van der Waals surface area contributed by atoms with Gasteiger partial charge in [-0.05, 0) is 0 Å². The largest absolute Gasteiger partial charge is 1.00 e. The van der Waals surface area contributed by atoms with Crippen molar-refractivity contribution in [2.75, 3.05) is 0 Å². The van der Waals surface area contributed by atoms with E-state index >= 15 is 0 Å². The summed E-state index contributed by atoms with van der Waals surface area (Å²) in [5.41, 5.74) is 8.97. The molecule has 1 atom stereocenters. The van der Waals surface area contributed by atoms with Gasteiger partial charge in [-0.25, -0.2) is 0 Å². The van der Waals surface area contributed by atoms with Gasteiger partial charge in [0.05, 0.1) is 0 Å². The Kier molecular flexibility index (Phi) is 8.29. The van der Waals surface area contributed by atoms with E-state index in [2.05, 4.69) is 91.9 Å². The molecule has 6 rings (SSSR count). The van der Waals surface area contributed by atoms with Crippen LogP contribution in [0.5, 0.6) is 0 Å². The van der Waals surface area contributed by atoms with E-state index in [-0.39, 0.29) is 24.8 Å². The van der Waals surface area contributed by atoms with Crippen molar-refractivity contribution >= 4 is 12.1 Å². The minimum absolute atomic E-state index is 0. The van der Waals surface area contributed by atoms with Crippen molar-refractivity contribution in [3.63, 3.8) is 0 Å². The van der Waals surface area contributed by atoms with Crippen LogP contribution in [0.1, 0.15) is 55.7 Å². The van der Waals surface area contributed by atoms with Crippen LogP contribution in [0.3, 0.4) is 0 Å². The molecule has 1 fully saturated rings. The summed E-state index contributed by atoms with van der Waals surface area (Å²) in [5.74, 6) is 0.564. The fourth-order valence-electron chi connectivity index (χ4n) is 5.99. The molecule has 3 aliphatic rings. The number of allylic oxidation sites excluding steroid dienone is 4. The average Bonchev–Trinajstić information content (AvgIpc) is 3.42. The topological polar surface area (TPSA) is 0 Å². The van der Waals surface area contributed by atoms with E-state index < -0.39 is 21.3 Å². The minimum atomic E-state index is -2.16. The summed E-state index contributed by atoms with van der Waals surface area (Å²) < 4.78 is 5.52. The third kappa shape index (κ3) is 4.65. The second-order valence-corrected chi connectivity index (χ2v) is 15.9. The molecule has 0 heterocycles. The van der Waals surface area contributed by atoms with Crippen molar-refractivity contribution < 1.29 is 46.1 Å². The fourth-order valence-corrected chi connectivity index (χ4v) is 14.8. The van der Waals surface area contributed by atoms with Gasteiger partial charge >= 0.3 is 201 Å². The summed E-state index contributed by atoms with van der Waals surface area (Å²) >= 11 is -2.16. The van der Waals surface area contributed by atoms with Crippen LogP contribution in [-0.2, 0) is 27.7 Å². The zero-order valence-corrected chi connectivity index (χ0v) is 23.6. The molecule has 0 bridgehead atoms. The Morgan fingerprint density at radius 3 is 2.24 bits per heavy atom. The van der Waals surface area contributed by atoms with Gasteiger partial charge in [0.2, 0.25) is 0 Å². The van der Waals surface area contributed by atoms with Gasteiger partial charge < -0.3 is 24.8 Å². The Bertz CT molecular complexity index is 1280. The van der Waals surface area contributed by atoms with Crippen LogP contribution < -0.4 is 28.1 Å². The van der Waals surface area contributed by atoms with Crippen LogP contribution in [0.2, 0.25) is 0 Å². The predicted octanol–water partition coefficient (Wildman–Crippen LogP) is 1.26. The van der Waals surface area contributed by atoms with Crippen molar-refractivity contribution in [3.8, 4) is 11.1 Å². The van der Waals surface area contributed by atoms with Gasteiger partial charge in [-0.1, -0.05) is 0 Å². The smallest absolute Gasteiger partial charge is 1.00 e. The first kappa shape index (κ1) is 25.6. The van der Waals surface area contributed by atoms with E-state index in [1.165, 1.54) is 59.9 Å². The van der Waals surface area contributed by atoms with Gasteiger partial charge in [0.25, 0.3) is 0 Å². The van der Waals surface area contributed by atoms with Crippen molar-refractivity contribution in [3.05, 3.63) is 105 Å². The van der Waals surface area contributed by atoms with Gasteiger partial charge in [-0.2, -0.15) is 0 Å². The average molecular weight is 565 g/mol. The molecular formula is C31H30Cl2Zr. The SMILES string of the molecule is CC1C=C(c2ccccc2)C=[C]1[Zr+2](=[C]1CCCCC1)[c]1cccc2c1Cc1ccccc1-2.[Cl-].[Cl-]. The van der Waals surface area contributed by atoms with Gasteiger partial charge in [-0.15, -0.1) is 0 Å². The molecule has 3 aromatic rings. The number of halogens is 2. The molecule has 34 heavy (non-hydrogen) atoms. The molecule has 0 aliphatic heterocycles. The van der Waals surface area contributed by atoms with E-state index in [9.17, 15) is 0 Å². The normalized spacial score (nSPS) is 17.9. The molecule has 1 unspecified atom stereocenters. The number of benzene rings is 3. The Morgan fingerprint density at radius 2 is 1.44 bits per heavy atom. The van der Waals surface area contributed by atoms with Crippen LogP contribution in [0.15, 0.2) is 88.2 Å². The van der Waals surface area contributed by atoms with E-state index in [4.69, 9.17) is 0 Å². The zero-order chi connectivity index (χ0) is 21.5. The van der Waals surface area contributed by atoms with Crippen molar-refractivity contribution in [2.24, 2.45) is 5.92 Å². The van der Waals surface area contributed by atoms with Crippen LogP contribution in [-0.4, -0.2) is 3.21 Å². The summed E-state index contributed by atoms with van der Waals surface area (Å²) in [6.07, 6.45) is 13.2. The standard InChI is InChI=1S/C13H9.C12H11.C6H10.2ClH.Zr/c1-3-7-12-10(5-1)9-11-6-2-4-8-13(11)12;1-10-7-8-12(9-10)11-5-3-2-4-6-11;1-2-4-6-5-3-1;;;/h1-5,7-8H,9H2;2-6,8-10H,1H3;1-5H2;2*1H;/q;;;;;+2/p-2. The number of rotatable bonds is 3. The first-order valence-electron chi connectivity index (χ1n) is 12.2. The Hall–Kier alpha value is -1.53. The molecular weight excluding hydrogens is 534 g/mol. The van der Waals surface area contributed by atoms with Crippen molar-refractivity contribution in [2.45, 2.75) is 45.4 Å². The molecule has 3 heteroatoms. The molecule has 0 N–H and O–H groups in total. The summed E-state index contributed by atoms with van der Waals surface area (Å²) in [5, 5.41) is 0. The molecule has 0 radical (unpaired) electrons. The molecule has 0 aromatic heterocycles. The van der Waals surface area contributed by atoms with Gasteiger partial charge in [0.1, 0.15) is 0 Å². The molecule has 1 saturated carbocycles. The number of hydrogen-bond acceptors (Lipinski definition) is 0. The van der Waals surface area contributed by atoms with Gasteiger partial charge in [-0.3, -0.25) is 0 Å². The summed E-state index contributed by atoms with van der Waals surface area (Å²) in [4.78, 5) is 0. The molecule has 3 aliphatic carbocycles. The van der Waals surface area contributed by atoms with Gasteiger partial charge in [0, 0.05) is 0 Å². The molecule has 0 spiro atoms. The molecule has 172 valence electrons. The van der Waals surface area contributed by atoms with E-state index in [0.29, 0.717) is 5.92 Å². The van der Waals surface area contributed by atoms with Crippen molar-refractivity contribution in [1.29, 1.82) is 0 Å². The van der Waals surface area contributed by atoms with Crippen LogP contribution in [0, 0.1) is 5.92 Å². The number of hydrogen-bond donors (Lipinski definition) is 0. The maximum Gasteiger partial charge on any atom is -1.00 e. The molecule has 0 nitrogen and oxygen atoms in total. The van der Waals surface area contributed by atoms with E-state index in [1.807, 2.05) is 3.21 Å². The molecule has 3 aromatic carbocycles. The second-order valence-electron chi connectivity index (χ2n) is 9.58. The molecule has 0 amide bonds. The maximum atomic E-state index is 2.61. The minimum Gasteiger partial charge on any atom is -1.00 e. The number of fused-ring (bicyclic) bond motifs is 3. The summed E-state index contributed by atoms with van der Waals surface area (Å²) in [6, 6.07) is 27.3. The Labute approximate surface area is 224 Å². The second kappa shape index (κ2) is 11.0. The third-order valence-electron chi connectivity index (χ3n) is 7.56.